The van der Waals surface area contributed by atoms with E-state index in [0.717, 1.165) is 5.56 Å². The number of carbonyl (C=O) groups excluding carboxylic acids is 1. The summed E-state index contributed by atoms with van der Waals surface area (Å²) in [5, 5.41) is 2.87. The van der Waals surface area contributed by atoms with Crippen LogP contribution in [0, 0.1) is 6.92 Å². The summed E-state index contributed by atoms with van der Waals surface area (Å²) in [7, 11) is 0. The van der Waals surface area contributed by atoms with Gasteiger partial charge < -0.3 is 15.8 Å². The summed E-state index contributed by atoms with van der Waals surface area (Å²) in [6.07, 6.45) is 0.306. The van der Waals surface area contributed by atoms with Gasteiger partial charge in [0.1, 0.15) is 5.75 Å². The highest BCUT2D eigenvalue weighted by molar-refractivity contribution is 5.76. The van der Waals surface area contributed by atoms with Gasteiger partial charge in [-0.1, -0.05) is 42.0 Å². The van der Waals surface area contributed by atoms with Gasteiger partial charge in [0.25, 0.3) is 0 Å². The average Bonchev–Trinajstić information content (AvgIpc) is 2.49. The van der Waals surface area contributed by atoms with Crippen molar-refractivity contribution in [3.05, 3.63) is 59.7 Å². The van der Waals surface area contributed by atoms with Gasteiger partial charge in [-0.15, -0.1) is 0 Å². The molecule has 0 bridgehead atoms. The number of carbonyl (C=O) groups is 1. The molecule has 2 aromatic carbocycles. The van der Waals surface area contributed by atoms with Crippen LogP contribution in [0.1, 0.15) is 17.5 Å². The molecule has 0 aromatic heterocycles. The van der Waals surface area contributed by atoms with Gasteiger partial charge in [-0.05, 0) is 24.6 Å². The second-order valence-electron chi connectivity index (χ2n) is 4.90. The Bertz CT molecular complexity index is 594. The van der Waals surface area contributed by atoms with Gasteiger partial charge in [0.2, 0.25) is 5.91 Å². The van der Waals surface area contributed by atoms with E-state index in [4.69, 9.17) is 10.5 Å². The molecule has 1 amide bonds. The fourth-order valence-electron chi connectivity index (χ4n) is 1.86. The number of ether oxygens (including phenoxy) is 1. The maximum Gasteiger partial charge on any atom is 0.223 e. The maximum atomic E-state index is 11.7. The summed E-state index contributed by atoms with van der Waals surface area (Å²) >= 11 is 0. The Balaban J connectivity index is 1.70. The molecule has 0 heterocycles. The smallest absolute Gasteiger partial charge is 0.223 e. The largest absolute Gasteiger partial charge is 0.491 e. The molecule has 0 unspecified atom stereocenters. The molecule has 4 nitrogen and oxygen atoms in total. The monoisotopic (exact) mass is 284 g/mol. The van der Waals surface area contributed by atoms with Crippen molar-refractivity contribution >= 4 is 11.6 Å². The Morgan fingerprint density at radius 3 is 2.57 bits per heavy atom. The van der Waals surface area contributed by atoms with Crippen molar-refractivity contribution in [2.75, 3.05) is 12.3 Å². The number of anilines is 1. The molecule has 3 N–H and O–H groups in total. The van der Waals surface area contributed by atoms with E-state index in [2.05, 4.69) is 5.32 Å². The van der Waals surface area contributed by atoms with Crippen molar-refractivity contribution in [1.29, 1.82) is 0 Å². The lowest BCUT2D eigenvalue weighted by Gasteiger charge is -2.09. The van der Waals surface area contributed by atoms with E-state index in [1.54, 1.807) is 12.1 Å². The Morgan fingerprint density at radius 1 is 1.14 bits per heavy atom. The normalized spacial score (nSPS) is 10.1. The number of hydrogen-bond donors (Lipinski definition) is 2. The summed E-state index contributed by atoms with van der Waals surface area (Å²) in [4.78, 5) is 11.7. The Morgan fingerprint density at radius 2 is 1.86 bits per heavy atom. The molecule has 0 spiro atoms. The standard InChI is InChI=1S/C17H20N2O2/c1-13-6-8-14(9-7-13)12-19-17(20)10-11-21-16-5-3-2-4-15(16)18/h2-9H,10-12,18H2,1H3,(H,19,20). The maximum absolute atomic E-state index is 11.7. The number of aryl methyl sites for hydroxylation is 1. The number of nitrogen functional groups attached to an aromatic ring is 1. The zero-order valence-corrected chi connectivity index (χ0v) is 12.1. The quantitative estimate of drug-likeness (QED) is 0.802. The van der Waals surface area contributed by atoms with Crippen molar-refractivity contribution in [3.63, 3.8) is 0 Å². The Labute approximate surface area is 124 Å². The summed E-state index contributed by atoms with van der Waals surface area (Å²) in [5.74, 6) is 0.578. The molecule has 0 fully saturated rings. The summed E-state index contributed by atoms with van der Waals surface area (Å²) < 4.78 is 5.49. The molecule has 0 saturated carbocycles. The highest BCUT2D eigenvalue weighted by atomic mass is 16.5. The van der Waals surface area contributed by atoms with E-state index >= 15 is 0 Å². The van der Waals surface area contributed by atoms with Gasteiger partial charge in [-0.3, -0.25) is 4.79 Å². The molecule has 0 aliphatic rings. The van der Waals surface area contributed by atoms with Crippen molar-refractivity contribution in [2.45, 2.75) is 19.9 Å². The minimum Gasteiger partial charge on any atom is -0.491 e. The highest BCUT2D eigenvalue weighted by Gasteiger charge is 2.03. The molecular formula is C17H20N2O2. The molecule has 0 radical (unpaired) electrons. The van der Waals surface area contributed by atoms with E-state index in [1.165, 1.54) is 5.56 Å². The molecule has 0 saturated heterocycles. The molecule has 0 aliphatic heterocycles. The first kappa shape index (κ1) is 14.9. The number of amides is 1. The van der Waals surface area contributed by atoms with Crippen LogP contribution in [0.5, 0.6) is 5.75 Å². The molecule has 2 aromatic rings. The first-order valence-electron chi connectivity index (χ1n) is 6.94. The van der Waals surface area contributed by atoms with Gasteiger partial charge in [0.15, 0.2) is 0 Å². The van der Waals surface area contributed by atoms with Gasteiger partial charge in [-0.25, -0.2) is 0 Å². The lowest BCUT2D eigenvalue weighted by molar-refractivity contribution is -0.121. The lowest BCUT2D eigenvalue weighted by Crippen LogP contribution is -2.24. The number of nitrogens with one attached hydrogen (secondary N) is 1. The summed E-state index contributed by atoms with van der Waals surface area (Å²) in [6.45, 7) is 2.88. The van der Waals surface area contributed by atoms with Crippen LogP contribution in [0.3, 0.4) is 0 Å². The van der Waals surface area contributed by atoms with Gasteiger partial charge in [0.05, 0.1) is 18.7 Å². The van der Waals surface area contributed by atoms with Crippen LogP contribution in [-0.2, 0) is 11.3 Å². The van der Waals surface area contributed by atoms with Gasteiger partial charge in [-0.2, -0.15) is 0 Å². The van der Waals surface area contributed by atoms with Gasteiger partial charge in [0, 0.05) is 6.54 Å². The van der Waals surface area contributed by atoms with Crippen molar-refractivity contribution in [1.82, 2.24) is 5.32 Å². The summed E-state index contributed by atoms with van der Waals surface area (Å²) in [6, 6.07) is 15.3. The number of rotatable bonds is 6. The second kappa shape index (κ2) is 7.33. The molecule has 0 atom stereocenters. The van der Waals surface area contributed by atoms with Crippen LogP contribution in [-0.4, -0.2) is 12.5 Å². The van der Waals surface area contributed by atoms with Crippen LogP contribution in [0.15, 0.2) is 48.5 Å². The average molecular weight is 284 g/mol. The van der Waals surface area contributed by atoms with E-state index in [1.807, 2.05) is 43.3 Å². The number of benzene rings is 2. The molecule has 21 heavy (non-hydrogen) atoms. The van der Waals surface area contributed by atoms with E-state index < -0.39 is 0 Å². The summed E-state index contributed by atoms with van der Waals surface area (Å²) in [5.41, 5.74) is 8.63. The third-order valence-corrected chi connectivity index (χ3v) is 3.12. The van der Waals surface area contributed by atoms with Crippen LogP contribution < -0.4 is 15.8 Å². The fraction of sp³-hybridized carbons (Fsp3) is 0.235. The third kappa shape index (κ3) is 4.84. The van der Waals surface area contributed by atoms with Gasteiger partial charge >= 0.3 is 0 Å². The number of para-hydroxylation sites is 2. The Hall–Kier alpha value is -2.49. The lowest BCUT2D eigenvalue weighted by atomic mass is 10.1. The van der Waals surface area contributed by atoms with Crippen molar-refractivity contribution in [3.8, 4) is 5.75 Å². The van der Waals surface area contributed by atoms with Crippen LogP contribution >= 0.6 is 0 Å². The topological polar surface area (TPSA) is 64.3 Å². The molecular weight excluding hydrogens is 264 g/mol. The second-order valence-corrected chi connectivity index (χ2v) is 4.90. The number of hydrogen-bond acceptors (Lipinski definition) is 3. The molecule has 4 heteroatoms. The van der Waals surface area contributed by atoms with Crippen molar-refractivity contribution < 1.29 is 9.53 Å². The highest BCUT2D eigenvalue weighted by Crippen LogP contribution is 2.19. The van der Waals surface area contributed by atoms with Crippen molar-refractivity contribution in [2.24, 2.45) is 0 Å². The third-order valence-electron chi connectivity index (χ3n) is 3.12. The zero-order valence-electron chi connectivity index (χ0n) is 12.1. The first-order chi connectivity index (χ1) is 10.1. The molecule has 2 rings (SSSR count). The van der Waals surface area contributed by atoms with Crippen LogP contribution in [0.25, 0.3) is 0 Å². The predicted molar refractivity (Wildman–Crippen MR) is 84.0 cm³/mol. The SMILES string of the molecule is Cc1ccc(CNC(=O)CCOc2ccccc2N)cc1. The molecule has 0 aliphatic carbocycles. The molecule has 110 valence electrons. The van der Waals surface area contributed by atoms with E-state index in [9.17, 15) is 4.79 Å². The van der Waals surface area contributed by atoms with E-state index in [-0.39, 0.29) is 5.91 Å². The Kier molecular flexibility index (Phi) is 5.21. The first-order valence-corrected chi connectivity index (χ1v) is 6.94. The fourth-order valence-corrected chi connectivity index (χ4v) is 1.86. The van der Waals surface area contributed by atoms with Crippen LogP contribution in [0.4, 0.5) is 5.69 Å². The van der Waals surface area contributed by atoms with Crippen LogP contribution in [0.2, 0.25) is 0 Å². The minimum absolute atomic E-state index is 0.0370. The zero-order chi connectivity index (χ0) is 15.1. The van der Waals surface area contributed by atoms with E-state index in [0.29, 0.717) is 31.0 Å². The minimum atomic E-state index is -0.0370. The number of nitrogens with two attached hydrogens (primary N) is 1. The predicted octanol–water partition coefficient (Wildman–Crippen LogP) is 2.66.